The summed E-state index contributed by atoms with van der Waals surface area (Å²) < 4.78 is 28.9. The van der Waals surface area contributed by atoms with Crippen LogP contribution in [0.15, 0.2) is 54.6 Å². The number of esters is 1. The highest BCUT2D eigenvalue weighted by molar-refractivity contribution is 7.55. The van der Waals surface area contributed by atoms with Crippen LogP contribution in [0, 0.1) is 0 Å². The summed E-state index contributed by atoms with van der Waals surface area (Å²) >= 11 is 0. The fourth-order valence-corrected chi connectivity index (χ4v) is 4.61. The molecule has 0 aliphatic rings. The second kappa shape index (κ2) is 8.95. The van der Waals surface area contributed by atoms with Crippen LogP contribution in [0.3, 0.4) is 0 Å². The van der Waals surface area contributed by atoms with Gasteiger partial charge in [-0.1, -0.05) is 48.5 Å². The number of hydrogen-bond acceptors (Lipinski definition) is 5. The van der Waals surface area contributed by atoms with Gasteiger partial charge in [-0.25, -0.2) is 0 Å². The molecule has 0 bridgehead atoms. The van der Waals surface area contributed by atoms with Gasteiger partial charge in [0.2, 0.25) is 0 Å². The topological polar surface area (TPSA) is 61.8 Å². The van der Waals surface area contributed by atoms with E-state index in [0.29, 0.717) is 5.56 Å². The first kappa shape index (κ1) is 19.4. The lowest BCUT2D eigenvalue weighted by Gasteiger charge is -2.25. The van der Waals surface area contributed by atoms with Crippen molar-refractivity contribution in [2.75, 3.05) is 20.3 Å². The Kier molecular flexibility index (Phi) is 6.94. The van der Waals surface area contributed by atoms with Crippen molar-refractivity contribution in [3.05, 3.63) is 60.2 Å². The molecule has 0 aromatic heterocycles. The summed E-state index contributed by atoms with van der Waals surface area (Å²) in [5.41, 5.74) is 1.32. The summed E-state index contributed by atoms with van der Waals surface area (Å²) in [5.74, 6) is -0.643. The van der Waals surface area contributed by atoms with Crippen LogP contribution in [0.1, 0.15) is 25.1 Å². The van der Waals surface area contributed by atoms with E-state index in [0.717, 1.165) is 11.1 Å². The summed E-state index contributed by atoms with van der Waals surface area (Å²) in [6.07, 6.45) is 0. The fraction of sp³-hybridized carbons (Fsp3) is 0.316. The predicted molar refractivity (Wildman–Crippen MR) is 97.5 cm³/mol. The van der Waals surface area contributed by atoms with Crippen LogP contribution >= 0.6 is 7.60 Å². The molecule has 0 amide bonds. The van der Waals surface area contributed by atoms with Crippen LogP contribution in [0.5, 0.6) is 0 Å². The fourth-order valence-electron chi connectivity index (χ4n) is 2.62. The first-order valence-corrected chi connectivity index (χ1v) is 9.79. The number of hydrogen-bond donors (Lipinski definition) is 0. The molecule has 0 aliphatic heterocycles. The average Bonchev–Trinajstić information content (AvgIpc) is 2.63. The molecule has 2 aromatic rings. The minimum Gasteiger partial charge on any atom is -0.468 e. The standard InChI is InChI=1S/C19H23O5P/c1-4-23-25(21,24-5-2)18(19(20)22-3)17-13-9-12-16(14-17)15-10-7-6-8-11-15/h6-14,18H,4-5H2,1-3H3/t18-/m1/s1. The van der Waals surface area contributed by atoms with E-state index in [2.05, 4.69) is 0 Å². The zero-order chi connectivity index (χ0) is 18.3. The van der Waals surface area contributed by atoms with Gasteiger partial charge in [0.15, 0.2) is 5.66 Å². The van der Waals surface area contributed by atoms with E-state index in [4.69, 9.17) is 13.8 Å². The summed E-state index contributed by atoms with van der Waals surface area (Å²) in [7, 11) is -2.45. The van der Waals surface area contributed by atoms with E-state index in [-0.39, 0.29) is 13.2 Å². The van der Waals surface area contributed by atoms with Crippen LogP contribution in [-0.4, -0.2) is 26.3 Å². The predicted octanol–water partition coefficient (Wildman–Crippen LogP) is 4.83. The van der Waals surface area contributed by atoms with E-state index in [1.54, 1.807) is 19.9 Å². The third-order valence-corrected chi connectivity index (χ3v) is 6.05. The van der Waals surface area contributed by atoms with Gasteiger partial charge in [-0.2, -0.15) is 0 Å². The summed E-state index contributed by atoms with van der Waals surface area (Å²) in [4.78, 5) is 12.4. The van der Waals surface area contributed by atoms with Crippen LogP contribution < -0.4 is 0 Å². The second-order valence-electron chi connectivity index (χ2n) is 5.29. The van der Waals surface area contributed by atoms with Crippen molar-refractivity contribution in [3.63, 3.8) is 0 Å². The molecule has 0 spiro atoms. The van der Waals surface area contributed by atoms with Gasteiger partial charge >= 0.3 is 13.6 Å². The maximum Gasteiger partial charge on any atom is 0.349 e. The molecular formula is C19H23O5P. The Morgan fingerprint density at radius 1 is 0.960 bits per heavy atom. The molecule has 2 rings (SSSR count). The molecule has 1 atom stereocenters. The second-order valence-corrected chi connectivity index (χ2v) is 7.41. The number of benzene rings is 2. The summed E-state index contributed by atoms with van der Waals surface area (Å²) in [6.45, 7) is 3.76. The van der Waals surface area contributed by atoms with Crippen LogP contribution in [0.2, 0.25) is 0 Å². The molecule has 0 radical (unpaired) electrons. The number of methoxy groups -OCH3 is 1. The number of ether oxygens (including phenoxy) is 1. The SMILES string of the molecule is CCOP(=O)(OCC)[C@@H](C(=O)OC)c1cccc(-c2ccccc2)c1. The van der Waals surface area contributed by atoms with Gasteiger partial charge in [0.05, 0.1) is 20.3 Å². The maximum absolute atomic E-state index is 13.2. The summed E-state index contributed by atoms with van der Waals surface area (Å²) in [6, 6.07) is 17.0. The van der Waals surface area contributed by atoms with Gasteiger partial charge < -0.3 is 13.8 Å². The van der Waals surface area contributed by atoms with Crippen LogP contribution in [0.25, 0.3) is 11.1 Å². The van der Waals surface area contributed by atoms with Gasteiger partial charge in [0.25, 0.3) is 0 Å². The average molecular weight is 362 g/mol. The van der Waals surface area contributed by atoms with Crippen molar-refractivity contribution >= 4 is 13.6 Å². The monoisotopic (exact) mass is 362 g/mol. The number of rotatable bonds is 8. The van der Waals surface area contributed by atoms with Crippen molar-refractivity contribution in [1.82, 2.24) is 0 Å². The Hall–Kier alpha value is -1.94. The van der Waals surface area contributed by atoms with E-state index >= 15 is 0 Å². The van der Waals surface area contributed by atoms with Crippen molar-refractivity contribution < 1.29 is 23.1 Å². The van der Waals surface area contributed by atoms with Gasteiger partial charge in [0, 0.05) is 0 Å². The molecular weight excluding hydrogens is 339 g/mol. The van der Waals surface area contributed by atoms with Crippen molar-refractivity contribution in [1.29, 1.82) is 0 Å². The van der Waals surface area contributed by atoms with Gasteiger partial charge in [0.1, 0.15) is 0 Å². The smallest absolute Gasteiger partial charge is 0.349 e. The largest absolute Gasteiger partial charge is 0.468 e. The van der Waals surface area contributed by atoms with E-state index in [1.165, 1.54) is 7.11 Å². The quantitative estimate of drug-likeness (QED) is 0.497. The number of carbonyl (C=O) groups excluding carboxylic acids is 1. The highest BCUT2D eigenvalue weighted by Crippen LogP contribution is 2.61. The van der Waals surface area contributed by atoms with Crippen molar-refractivity contribution in [2.45, 2.75) is 19.5 Å². The van der Waals surface area contributed by atoms with Crippen LogP contribution in [-0.2, 0) is 23.1 Å². The van der Waals surface area contributed by atoms with Gasteiger partial charge in [-0.05, 0) is 36.6 Å². The third kappa shape index (κ3) is 4.57. The highest BCUT2D eigenvalue weighted by atomic mass is 31.2. The van der Waals surface area contributed by atoms with E-state index in [9.17, 15) is 9.36 Å². The molecule has 0 fully saturated rings. The van der Waals surface area contributed by atoms with E-state index in [1.807, 2.05) is 48.5 Å². The molecule has 0 unspecified atom stereocenters. The Labute approximate surface area is 148 Å². The lowest BCUT2D eigenvalue weighted by molar-refractivity contribution is -0.140. The molecule has 5 nitrogen and oxygen atoms in total. The third-order valence-electron chi connectivity index (χ3n) is 3.67. The molecule has 134 valence electrons. The maximum atomic E-state index is 13.2. The molecule has 0 aliphatic carbocycles. The molecule has 25 heavy (non-hydrogen) atoms. The Balaban J connectivity index is 2.52. The molecule has 0 saturated carbocycles. The van der Waals surface area contributed by atoms with Crippen molar-refractivity contribution in [3.8, 4) is 11.1 Å². The minimum atomic E-state index is -3.71. The first-order valence-electron chi connectivity index (χ1n) is 8.17. The lowest BCUT2D eigenvalue weighted by atomic mass is 10.0. The van der Waals surface area contributed by atoms with Gasteiger partial charge in [-0.15, -0.1) is 0 Å². The normalized spacial score (nSPS) is 12.6. The van der Waals surface area contributed by atoms with Gasteiger partial charge in [-0.3, -0.25) is 9.36 Å². The molecule has 0 saturated heterocycles. The molecule has 0 N–H and O–H groups in total. The summed E-state index contributed by atoms with van der Waals surface area (Å²) in [5, 5.41) is 0. The van der Waals surface area contributed by atoms with E-state index < -0.39 is 19.2 Å². The first-order chi connectivity index (χ1) is 12.1. The van der Waals surface area contributed by atoms with Crippen molar-refractivity contribution in [2.24, 2.45) is 0 Å². The highest BCUT2D eigenvalue weighted by Gasteiger charge is 2.43. The zero-order valence-corrected chi connectivity index (χ0v) is 15.6. The Morgan fingerprint density at radius 2 is 1.56 bits per heavy atom. The minimum absolute atomic E-state index is 0.170. The lowest BCUT2D eigenvalue weighted by Crippen LogP contribution is -2.18. The molecule has 6 heteroatoms. The van der Waals surface area contributed by atoms with Crippen LogP contribution in [0.4, 0.5) is 0 Å². The zero-order valence-electron chi connectivity index (χ0n) is 14.7. The molecule has 0 heterocycles. The Bertz CT molecular complexity index is 734. The molecule has 2 aromatic carbocycles. The number of carbonyl (C=O) groups is 1. The Morgan fingerprint density at radius 3 is 2.12 bits per heavy atom.